The Morgan fingerprint density at radius 3 is 2.20 bits per heavy atom. The normalized spacial score (nSPS) is 15.7. The predicted octanol–water partition coefficient (Wildman–Crippen LogP) is 12.1. The van der Waals surface area contributed by atoms with Crippen molar-refractivity contribution in [3.63, 3.8) is 0 Å². The van der Waals surface area contributed by atoms with Crippen molar-refractivity contribution in [2.45, 2.75) is 71.8 Å². The highest BCUT2D eigenvalue weighted by Gasteiger charge is 2.67. The molecule has 1 unspecified atom stereocenters. The van der Waals surface area contributed by atoms with E-state index in [0.29, 0.717) is 5.92 Å². The van der Waals surface area contributed by atoms with E-state index >= 15 is 0 Å². The Bertz CT molecular complexity index is 3190. The first-order chi connectivity index (χ1) is 28.4. The lowest BCUT2D eigenvalue weighted by Gasteiger charge is -2.24. The highest BCUT2D eigenvalue weighted by atomic mass is 28.3. The summed E-state index contributed by atoms with van der Waals surface area (Å²) in [5.74, 6) is 1.68. The van der Waals surface area contributed by atoms with Gasteiger partial charge in [-0.1, -0.05) is 139 Å². The SMILES string of the molecule is CC(C)Cc1cc2[n+](cc1[Si](C)(C)C)C1(c3ccc(-c4ccccc4)cc3-2)c2ccc3c(oc4ccccc43)c2-c2n(-c3ccccc3C(C)(C)C)c3ccccc3[n+]21. The second-order valence-corrected chi connectivity index (χ2v) is 24.4. The van der Waals surface area contributed by atoms with Gasteiger partial charge in [0.15, 0.2) is 22.8 Å². The number of nitrogens with zero attached hydrogens (tertiary/aromatic N) is 3. The van der Waals surface area contributed by atoms with Crippen molar-refractivity contribution >= 4 is 46.2 Å². The van der Waals surface area contributed by atoms with Gasteiger partial charge in [0.2, 0.25) is 5.69 Å². The Kier molecular flexibility index (Phi) is 7.63. The maximum absolute atomic E-state index is 7.10. The fraction of sp³-hybridized carbons (Fsp3) is 0.222. The fourth-order valence-corrected chi connectivity index (χ4v) is 12.2. The zero-order chi connectivity index (χ0) is 40.6. The molecule has 0 fully saturated rings. The molecule has 0 radical (unpaired) electrons. The number of rotatable bonds is 5. The van der Waals surface area contributed by atoms with Crippen molar-refractivity contribution in [1.82, 2.24) is 4.57 Å². The molecular formula is C54H51N3OSi+2. The van der Waals surface area contributed by atoms with Crippen LogP contribution in [0.4, 0.5) is 0 Å². The lowest BCUT2D eigenvalue weighted by atomic mass is 9.85. The quantitative estimate of drug-likeness (QED) is 0.126. The minimum absolute atomic E-state index is 0.0990. The van der Waals surface area contributed by atoms with Gasteiger partial charge in [0.25, 0.3) is 0 Å². The number of imidazole rings is 1. The summed E-state index contributed by atoms with van der Waals surface area (Å²) in [4.78, 5) is 0. The largest absolute Gasteiger partial charge is 0.455 e. The summed E-state index contributed by atoms with van der Waals surface area (Å²) in [5, 5.41) is 3.80. The van der Waals surface area contributed by atoms with Crippen molar-refractivity contribution in [2.75, 3.05) is 0 Å². The summed E-state index contributed by atoms with van der Waals surface area (Å²) in [6.45, 7) is 19.2. The number of hydrogen-bond acceptors (Lipinski definition) is 1. The van der Waals surface area contributed by atoms with Crippen LogP contribution in [0.15, 0.2) is 150 Å². The van der Waals surface area contributed by atoms with Gasteiger partial charge in [0.05, 0.1) is 24.8 Å². The van der Waals surface area contributed by atoms with Gasteiger partial charge in [-0.2, -0.15) is 4.57 Å². The molecule has 5 heterocycles. The zero-order valence-electron chi connectivity index (χ0n) is 35.4. The molecule has 11 rings (SSSR count). The summed E-state index contributed by atoms with van der Waals surface area (Å²) < 4.78 is 15.0. The Hall–Kier alpha value is -6.04. The van der Waals surface area contributed by atoms with Crippen LogP contribution in [0, 0.1) is 5.92 Å². The van der Waals surface area contributed by atoms with Crippen molar-refractivity contribution in [1.29, 1.82) is 0 Å². The summed E-state index contributed by atoms with van der Waals surface area (Å²) in [5.41, 5.74) is 16.0. The van der Waals surface area contributed by atoms with Crippen LogP contribution >= 0.6 is 0 Å². The number of aromatic nitrogens is 3. The zero-order valence-corrected chi connectivity index (χ0v) is 36.4. The first-order valence-corrected chi connectivity index (χ1v) is 24.8. The average molecular weight is 786 g/mol. The van der Waals surface area contributed by atoms with Crippen LogP contribution in [-0.2, 0) is 17.5 Å². The highest BCUT2D eigenvalue weighted by molar-refractivity contribution is 6.89. The Morgan fingerprint density at radius 1 is 0.712 bits per heavy atom. The van der Waals surface area contributed by atoms with E-state index in [-0.39, 0.29) is 5.41 Å². The monoisotopic (exact) mass is 785 g/mol. The lowest BCUT2D eigenvalue weighted by Crippen LogP contribution is -2.72. The molecule has 0 saturated heterocycles. The Morgan fingerprint density at radius 2 is 1.42 bits per heavy atom. The smallest absolute Gasteiger partial charge is 0.364 e. The van der Waals surface area contributed by atoms with Crippen molar-refractivity contribution in [2.24, 2.45) is 5.92 Å². The molecule has 0 amide bonds. The van der Waals surface area contributed by atoms with Gasteiger partial charge in [0, 0.05) is 27.6 Å². The van der Waals surface area contributed by atoms with Gasteiger partial charge in [-0.05, 0) is 83.0 Å². The summed E-state index contributed by atoms with van der Waals surface area (Å²) in [6.07, 6.45) is 3.64. The molecular weight excluding hydrogens is 735 g/mol. The second-order valence-electron chi connectivity index (χ2n) is 19.3. The fourth-order valence-electron chi connectivity index (χ4n) is 10.5. The van der Waals surface area contributed by atoms with E-state index in [9.17, 15) is 0 Å². The molecule has 59 heavy (non-hydrogen) atoms. The maximum atomic E-state index is 7.10. The van der Waals surface area contributed by atoms with Gasteiger partial charge >= 0.3 is 11.5 Å². The molecule has 4 nitrogen and oxygen atoms in total. The number of furan rings is 1. The summed E-state index contributed by atoms with van der Waals surface area (Å²) in [6, 6.07) is 52.0. The molecule has 2 aliphatic rings. The van der Waals surface area contributed by atoms with E-state index in [2.05, 4.69) is 214 Å². The molecule has 0 saturated carbocycles. The Labute approximate surface area is 348 Å². The standard InChI is InChI=1S/C54H51N3OSi/c1-34(2)30-37-32-47-40-31-36(35-18-10-9-11-19-35)26-28-41(40)54(55(47)33-49(37)59(6,7)8)43-29-27-39-38-20-12-17-25-48(38)58-51(39)50(43)52-56(45-23-15-16-24-46(45)57(52)54)44-22-14-13-21-42(44)53(3,4)5/h9-29,31-34H,30H2,1-8H3/q+2. The van der Waals surface area contributed by atoms with Gasteiger partial charge in [-0.15, -0.1) is 9.13 Å². The first-order valence-electron chi connectivity index (χ1n) is 21.3. The maximum Gasteiger partial charge on any atom is 0.364 e. The molecule has 9 aromatic rings. The summed E-state index contributed by atoms with van der Waals surface area (Å²) >= 11 is 0. The first kappa shape index (κ1) is 36.1. The Balaban J connectivity index is 1.38. The van der Waals surface area contributed by atoms with Crippen LogP contribution in [0.2, 0.25) is 19.6 Å². The molecule has 2 aliphatic heterocycles. The molecule has 0 bridgehead atoms. The van der Waals surface area contributed by atoms with Crippen LogP contribution < -0.4 is 14.3 Å². The van der Waals surface area contributed by atoms with E-state index in [1.807, 2.05) is 0 Å². The van der Waals surface area contributed by atoms with E-state index in [4.69, 9.17) is 4.42 Å². The lowest BCUT2D eigenvalue weighted by molar-refractivity contribution is -0.944. The third-order valence-corrected chi connectivity index (χ3v) is 15.0. The van der Waals surface area contributed by atoms with Gasteiger partial charge in [0.1, 0.15) is 16.8 Å². The molecule has 3 aromatic heterocycles. The number of hydrogen-bond donors (Lipinski definition) is 0. The van der Waals surface area contributed by atoms with Crippen molar-refractivity contribution in [3.05, 3.63) is 168 Å². The minimum Gasteiger partial charge on any atom is -0.455 e. The van der Waals surface area contributed by atoms with Gasteiger partial charge in [-0.25, -0.2) is 0 Å². The average Bonchev–Trinajstić information content (AvgIpc) is 3.93. The molecule has 1 spiro atoms. The van der Waals surface area contributed by atoms with E-state index in [1.54, 1.807) is 0 Å². The van der Waals surface area contributed by atoms with E-state index in [1.165, 1.54) is 66.5 Å². The van der Waals surface area contributed by atoms with E-state index in [0.717, 1.165) is 39.7 Å². The van der Waals surface area contributed by atoms with Crippen LogP contribution in [-0.4, -0.2) is 12.6 Å². The number of fused-ring (bicyclic) bond motifs is 16. The highest BCUT2D eigenvalue weighted by Crippen LogP contribution is 2.53. The molecule has 0 aliphatic carbocycles. The van der Waals surface area contributed by atoms with Gasteiger partial charge < -0.3 is 4.42 Å². The second kappa shape index (κ2) is 12.5. The number of benzene rings is 6. The van der Waals surface area contributed by atoms with Crippen LogP contribution in [0.5, 0.6) is 0 Å². The van der Waals surface area contributed by atoms with Crippen LogP contribution in [0.25, 0.3) is 72.4 Å². The molecule has 0 N–H and O–H groups in total. The molecule has 5 heteroatoms. The number of pyridine rings is 1. The minimum atomic E-state index is -1.85. The number of para-hydroxylation sites is 4. The van der Waals surface area contributed by atoms with Crippen molar-refractivity contribution in [3.8, 4) is 39.5 Å². The van der Waals surface area contributed by atoms with E-state index < -0.39 is 13.7 Å². The third-order valence-electron chi connectivity index (χ3n) is 12.9. The topological polar surface area (TPSA) is 25.8 Å². The molecule has 290 valence electrons. The van der Waals surface area contributed by atoms with Crippen molar-refractivity contribution < 1.29 is 13.6 Å². The predicted molar refractivity (Wildman–Crippen MR) is 245 cm³/mol. The van der Waals surface area contributed by atoms with Crippen LogP contribution in [0.1, 0.15) is 56.9 Å². The molecule has 1 atom stereocenters. The van der Waals surface area contributed by atoms with Crippen LogP contribution in [0.3, 0.4) is 0 Å². The summed E-state index contributed by atoms with van der Waals surface area (Å²) in [7, 11) is -1.85. The van der Waals surface area contributed by atoms with Gasteiger partial charge in [-0.3, -0.25) is 0 Å². The third kappa shape index (κ3) is 5.01. The molecule has 6 aromatic carbocycles.